The molecule has 2 rings (SSSR count). The first-order valence-corrected chi connectivity index (χ1v) is 6.93. The van der Waals surface area contributed by atoms with E-state index >= 15 is 0 Å². The van der Waals surface area contributed by atoms with Gasteiger partial charge in [0.25, 0.3) is 5.91 Å². The van der Waals surface area contributed by atoms with E-state index in [9.17, 15) is 4.79 Å². The molecule has 0 saturated heterocycles. The van der Waals surface area contributed by atoms with Gasteiger partial charge in [-0.3, -0.25) is 15.1 Å². The fraction of sp³-hybridized carbons (Fsp3) is 0.417. The second-order valence-electron chi connectivity index (χ2n) is 4.55. The number of nitrogens with zero attached hydrogens (tertiary/aromatic N) is 5. The number of amides is 1. The Bertz CT molecular complexity index is 580. The number of anilines is 1. The lowest BCUT2D eigenvalue weighted by Gasteiger charge is -2.05. The van der Waals surface area contributed by atoms with Crippen LogP contribution in [0.4, 0.5) is 5.13 Å². The highest BCUT2D eigenvalue weighted by molar-refractivity contribution is 7.15. The number of aryl methyl sites for hydroxylation is 1. The molecule has 0 aliphatic carbocycles. The Balaban J connectivity index is 1.96. The lowest BCUT2D eigenvalue weighted by Crippen LogP contribution is -2.14. The van der Waals surface area contributed by atoms with E-state index in [2.05, 4.69) is 30.4 Å². The van der Waals surface area contributed by atoms with E-state index in [1.54, 1.807) is 6.20 Å². The van der Waals surface area contributed by atoms with E-state index < -0.39 is 0 Å². The molecule has 2 aromatic rings. The number of rotatable bonds is 5. The van der Waals surface area contributed by atoms with Crippen molar-refractivity contribution in [2.75, 3.05) is 26.0 Å². The van der Waals surface area contributed by atoms with Crippen LogP contribution in [0.5, 0.6) is 0 Å². The van der Waals surface area contributed by atoms with Crippen molar-refractivity contribution in [2.24, 2.45) is 0 Å². The largest absolute Gasteiger partial charge is 0.309 e. The molecule has 20 heavy (non-hydrogen) atoms. The molecule has 7 nitrogen and oxygen atoms in total. The van der Waals surface area contributed by atoms with Crippen molar-refractivity contribution in [3.63, 3.8) is 0 Å². The van der Waals surface area contributed by atoms with Crippen molar-refractivity contribution in [3.05, 3.63) is 28.8 Å². The normalized spacial score (nSPS) is 10.8. The predicted molar refractivity (Wildman–Crippen MR) is 76.9 cm³/mol. The predicted octanol–water partition coefficient (Wildman–Crippen LogP) is 0.993. The summed E-state index contributed by atoms with van der Waals surface area (Å²) in [4.78, 5) is 22.0. The maximum atomic E-state index is 11.9. The molecule has 0 fully saturated rings. The molecule has 0 aliphatic heterocycles. The molecule has 1 amide bonds. The van der Waals surface area contributed by atoms with Crippen LogP contribution in [0.25, 0.3) is 0 Å². The minimum Gasteiger partial charge on any atom is -0.309 e. The van der Waals surface area contributed by atoms with Crippen molar-refractivity contribution in [1.29, 1.82) is 0 Å². The van der Waals surface area contributed by atoms with E-state index in [1.165, 1.54) is 17.5 Å². The number of likely N-dealkylation sites (N-methyl/N-ethyl adjacent to an activating group) is 1. The molecule has 1 N–H and O–H groups in total. The summed E-state index contributed by atoms with van der Waals surface area (Å²) in [5.74, 6) is -0.326. The lowest BCUT2D eigenvalue weighted by atomic mass is 10.4. The summed E-state index contributed by atoms with van der Waals surface area (Å²) < 4.78 is 0. The number of hydrogen-bond donors (Lipinski definition) is 1. The van der Waals surface area contributed by atoms with Gasteiger partial charge in [0.05, 0.1) is 11.9 Å². The van der Waals surface area contributed by atoms with Crippen LogP contribution in [0.2, 0.25) is 0 Å². The molecule has 2 aromatic heterocycles. The van der Waals surface area contributed by atoms with E-state index in [1.807, 2.05) is 21.0 Å². The Morgan fingerprint density at radius 2 is 2.10 bits per heavy atom. The Morgan fingerprint density at radius 3 is 2.75 bits per heavy atom. The third kappa shape index (κ3) is 4.04. The topological polar surface area (TPSA) is 83.9 Å². The van der Waals surface area contributed by atoms with Crippen molar-refractivity contribution in [3.8, 4) is 0 Å². The zero-order valence-electron chi connectivity index (χ0n) is 11.6. The van der Waals surface area contributed by atoms with Gasteiger partial charge in [-0.05, 0) is 21.0 Å². The van der Waals surface area contributed by atoms with Gasteiger partial charge in [-0.1, -0.05) is 11.3 Å². The highest BCUT2D eigenvalue weighted by Gasteiger charge is 2.11. The Kier molecular flexibility index (Phi) is 4.70. The smallest absolute Gasteiger partial charge is 0.277 e. The molecule has 0 atom stereocenters. The standard InChI is InChI=1S/C12H16N6OS/c1-8-6-14-9(7-13-8)11(19)15-12-17-16-10(20-12)4-5-18(2)3/h6-7H,4-5H2,1-3H3,(H,15,17,19). The quantitative estimate of drug-likeness (QED) is 0.885. The molecule has 0 radical (unpaired) electrons. The van der Waals surface area contributed by atoms with Gasteiger partial charge in [-0.15, -0.1) is 10.2 Å². The van der Waals surface area contributed by atoms with Crippen molar-refractivity contribution < 1.29 is 4.79 Å². The van der Waals surface area contributed by atoms with Crippen LogP contribution in [0, 0.1) is 6.92 Å². The van der Waals surface area contributed by atoms with E-state index in [-0.39, 0.29) is 11.6 Å². The summed E-state index contributed by atoms with van der Waals surface area (Å²) in [7, 11) is 4.00. The zero-order valence-corrected chi connectivity index (χ0v) is 12.4. The van der Waals surface area contributed by atoms with E-state index in [4.69, 9.17) is 0 Å². The third-order valence-corrected chi connectivity index (χ3v) is 3.37. The fourth-order valence-electron chi connectivity index (χ4n) is 1.40. The van der Waals surface area contributed by atoms with Crippen molar-refractivity contribution in [1.82, 2.24) is 25.1 Å². The van der Waals surface area contributed by atoms with Crippen LogP contribution >= 0.6 is 11.3 Å². The first-order chi connectivity index (χ1) is 9.54. The first-order valence-electron chi connectivity index (χ1n) is 6.11. The van der Waals surface area contributed by atoms with Crippen LogP contribution in [-0.4, -0.2) is 51.6 Å². The highest BCUT2D eigenvalue weighted by atomic mass is 32.1. The number of carbonyl (C=O) groups is 1. The van der Waals surface area contributed by atoms with Crippen LogP contribution in [0.1, 0.15) is 21.2 Å². The Hall–Kier alpha value is -1.93. The monoisotopic (exact) mass is 292 g/mol. The molecule has 8 heteroatoms. The molecular formula is C12H16N6OS. The number of aromatic nitrogens is 4. The number of hydrogen-bond acceptors (Lipinski definition) is 7. The average molecular weight is 292 g/mol. The van der Waals surface area contributed by atoms with Gasteiger partial charge in [0.15, 0.2) is 0 Å². The molecule has 0 aromatic carbocycles. The maximum Gasteiger partial charge on any atom is 0.277 e. The van der Waals surface area contributed by atoms with Gasteiger partial charge in [0, 0.05) is 19.2 Å². The molecule has 0 saturated carbocycles. The van der Waals surface area contributed by atoms with Crippen molar-refractivity contribution in [2.45, 2.75) is 13.3 Å². The average Bonchev–Trinajstić information content (AvgIpc) is 2.84. The van der Waals surface area contributed by atoms with Gasteiger partial charge in [-0.2, -0.15) is 0 Å². The van der Waals surface area contributed by atoms with Gasteiger partial charge in [0.1, 0.15) is 10.7 Å². The van der Waals surface area contributed by atoms with E-state index in [0.717, 1.165) is 23.7 Å². The summed E-state index contributed by atoms with van der Waals surface area (Å²) in [6.45, 7) is 2.71. The summed E-state index contributed by atoms with van der Waals surface area (Å²) in [5.41, 5.74) is 1.03. The SMILES string of the molecule is Cc1cnc(C(=O)Nc2nnc(CCN(C)C)s2)cn1. The minimum atomic E-state index is -0.326. The fourth-order valence-corrected chi connectivity index (χ4v) is 2.12. The van der Waals surface area contributed by atoms with Gasteiger partial charge >= 0.3 is 0 Å². The van der Waals surface area contributed by atoms with Gasteiger partial charge in [0.2, 0.25) is 5.13 Å². The minimum absolute atomic E-state index is 0.264. The Labute approximate surface area is 121 Å². The summed E-state index contributed by atoms with van der Waals surface area (Å²) in [6.07, 6.45) is 3.81. The molecule has 0 unspecified atom stereocenters. The summed E-state index contributed by atoms with van der Waals surface area (Å²) in [5, 5.41) is 12.0. The van der Waals surface area contributed by atoms with Gasteiger partial charge < -0.3 is 4.90 Å². The van der Waals surface area contributed by atoms with Crippen LogP contribution in [0.15, 0.2) is 12.4 Å². The zero-order chi connectivity index (χ0) is 14.5. The highest BCUT2D eigenvalue weighted by Crippen LogP contribution is 2.16. The van der Waals surface area contributed by atoms with Crippen LogP contribution in [0.3, 0.4) is 0 Å². The molecule has 2 heterocycles. The van der Waals surface area contributed by atoms with Crippen LogP contribution < -0.4 is 5.32 Å². The summed E-state index contributed by atoms with van der Waals surface area (Å²) in [6, 6.07) is 0. The maximum absolute atomic E-state index is 11.9. The van der Waals surface area contributed by atoms with Crippen molar-refractivity contribution >= 4 is 22.4 Å². The summed E-state index contributed by atoms with van der Waals surface area (Å²) >= 11 is 1.37. The molecule has 106 valence electrons. The second-order valence-corrected chi connectivity index (χ2v) is 5.61. The third-order valence-electron chi connectivity index (χ3n) is 2.47. The molecule has 0 bridgehead atoms. The van der Waals surface area contributed by atoms with E-state index in [0.29, 0.717) is 5.13 Å². The number of nitrogens with one attached hydrogen (secondary N) is 1. The lowest BCUT2D eigenvalue weighted by molar-refractivity contribution is 0.102. The van der Waals surface area contributed by atoms with Gasteiger partial charge in [-0.25, -0.2) is 4.98 Å². The Morgan fingerprint density at radius 1 is 1.30 bits per heavy atom. The number of carbonyl (C=O) groups excluding carboxylic acids is 1. The van der Waals surface area contributed by atoms with Crippen LogP contribution in [-0.2, 0) is 6.42 Å². The molecule has 0 aliphatic rings. The molecular weight excluding hydrogens is 276 g/mol. The molecule has 0 spiro atoms. The second kappa shape index (κ2) is 6.49. The first kappa shape index (κ1) is 14.5.